The zero-order valence-corrected chi connectivity index (χ0v) is 12.7. The highest BCUT2D eigenvalue weighted by Crippen LogP contribution is 2.28. The second-order valence-electron chi connectivity index (χ2n) is 6.44. The molecular formula is C19H24. The fraction of sp³-hybridized carbons (Fsp3) is 0.368. The monoisotopic (exact) mass is 252 g/mol. The maximum Gasteiger partial charge on any atom is -0.00201 e. The van der Waals surface area contributed by atoms with Crippen LogP contribution in [0, 0.1) is 13.8 Å². The Kier molecular flexibility index (Phi) is 3.80. The number of rotatable bonds is 2. The van der Waals surface area contributed by atoms with Crippen LogP contribution in [-0.4, -0.2) is 0 Å². The van der Waals surface area contributed by atoms with Gasteiger partial charge in [0.15, 0.2) is 0 Å². The smallest absolute Gasteiger partial charge is 0.00201 e. The molecule has 0 aromatic heterocycles. The highest BCUT2D eigenvalue weighted by Gasteiger charge is 2.17. The van der Waals surface area contributed by atoms with Crippen LogP contribution in [0.15, 0.2) is 42.5 Å². The Bertz CT molecular complexity index is 571. The minimum Gasteiger partial charge on any atom is -0.0620 e. The van der Waals surface area contributed by atoms with Crippen molar-refractivity contribution in [2.45, 2.75) is 46.5 Å². The van der Waals surface area contributed by atoms with Gasteiger partial charge in [-0.3, -0.25) is 0 Å². The molecule has 0 aliphatic rings. The zero-order chi connectivity index (χ0) is 14.0. The molecule has 0 saturated carbocycles. The van der Waals surface area contributed by atoms with Crippen LogP contribution in [0.5, 0.6) is 0 Å². The van der Waals surface area contributed by atoms with Gasteiger partial charge in [-0.1, -0.05) is 63.2 Å². The van der Waals surface area contributed by atoms with Gasteiger partial charge in [0.1, 0.15) is 0 Å². The lowest BCUT2D eigenvalue weighted by molar-refractivity contribution is 0.584. The average Bonchev–Trinajstić information content (AvgIpc) is 2.34. The Hall–Kier alpha value is -1.56. The SMILES string of the molecule is Cc1cccc(Cc2ccccc2C(C)(C)C)c1C. The van der Waals surface area contributed by atoms with E-state index in [0.717, 1.165) is 6.42 Å². The Balaban J connectivity index is 2.42. The van der Waals surface area contributed by atoms with Crippen molar-refractivity contribution >= 4 is 0 Å². The van der Waals surface area contributed by atoms with Gasteiger partial charge in [-0.15, -0.1) is 0 Å². The van der Waals surface area contributed by atoms with Gasteiger partial charge in [0.05, 0.1) is 0 Å². The number of hydrogen-bond donors (Lipinski definition) is 0. The molecule has 0 heteroatoms. The molecule has 2 aromatic rings. The lowest BCUT2D eigenvalue weighted by Gasteiger charge is -2.23. The first-order chi connectivity index (χ1) is 8.89. The first-order valence-electron chi connectivity index (χ1n) is 7.03. The largest absolute Gasteiger partial charge is 0.0620 e. The molecule has 0 amide bonds. The Labute approximate surface area is 117 Å². The van der Waals surface area contributed by atoms with Gasteiger partial charge < -0.3 is 0 Å². The third-order valence-electron chi connectivity index (χ3n) is 3.92. The molecular weight excluding hydrogens is 228 g/mol. The van der Waals surface area contributed by atoms with Crippen LogP contribution in [0.1, 0.15) is 48.6 Å². The van der Waals surface area contributed by atoms with Crippen molar-refractivity contribution in [2.75, 3.05) is 0 Å². The molecule has 0 aliphatic heterocycles. The summed E-state index contributed by atoms with van der Waals surface area (Å²) in [5, 5.41) is 0. The molecule has 0 N–H and O–H groups in total. The van der Waals surface area contributed by atoms with E-state index >= 15 is 0 Å². The average molecular weight is 252 g/mol. The summed E-state index contributed by atoms with van der Waals surface area (Å²) in [5.41, 5.74) is 7.35. The van der Waals surface area contributed by atoms with E-state index in [1.165, 1.54) is 27.8 Å². The summed E-state index contributed by atoms with van der Waals surface area (Å²) < 4.78 is 0. The number of benzene rings is 2. The molecule has 0 saturated heterocycles. The predicted octanol–water partition coefficient (Wildman–Crippen LogP) is 5.19. The van der Waals surface area contributed by atoms with Gasteiger partial charge in [-0.05, 0) is 53.5 Å². The van der Waals surface area contributed by atoms with E-state index in [-0.39, 0.29) is 5.41 Å². The van der Waals surface area contributed by atoms with Crippen molar-refractivity contribution in [1.82, 2.24) is 0 Å². The third-order valence-corrected chi connectivity index (χ3v) is 3.92. The molecule has 2 aromatic carbocycles. The molecule has 100 valence electrons. The van der Waals surface area contributed by atoms with Crippen LogP contribution in [0.3, 0.4) is 0 Å². The Morgan fingerprint density at radius 3 is 2.11 bits per heavy atom. The maximum absolute atomic E-state index is 2.29. The summed E-state index contributed by atoms with van der Waals surface area (Å²) in [6, 6.07) is 15.4. The van der Waals surface area contributed by atoms with Crippen molar-refractivity contribution in [2.24, 2.45) is 0 Å². The predicted molar refractivity (Wildman–Crippen MR) is 83.9 cm³/mol. The van der Waals surface area contributed by atoms with Crippen LogP contribution in [0.2, 0.25) is 0 Å². The highest BCUT2D eigenvalue weighted by molar-refractivity contribution is 5.41. The van der Waals surface area contributed by atoms with Crippen LogP contribution in [-0.2, 0) is 11.8 Å². The first kappa shape index (κ1) is 13.9. The van der Waals surface area contributed by atoms with Gasteiger partial charge in [0.25, 0.3) is 0 Å². The minimum atomic E-state index is 0.203. The molecule has 0 nitrogen and oxygen atoms in total. The summed E-state index contributed by atoms with van der Waals surface area (Å²) in [6.07, 6.45) is 1.03. The third kappa shape index (κ3) is 3.07. The van der Waals surface area contributed by atoms with Gasteiger partial charge in [0, 0.05) is 0 Å². The zero-order valence-electron chi connectivity index (χ0n) is 12.7. The minimum absolute atomic E-state index is 0.203. The summed E-state index contributed by atoms with van der Waals surface area (Å²) in [6.45, 7) is 11.3. The van der Waals surface area contributed by atoms with Gasteiger partial charge in [0.2, 0.25) is 0 Å². The normalized spacial score (nSPS) is 11.6. The number of aryl methyl sites for hydroxylation is 1. The second kappa shape index (κ2) is 5.21. The Morgan fingerprint density at radius 2 is 1.42 bits per heavy atom. The van der Waals surface area contributed by atoms with Crippen LogP contribution in [0.25, 0.3) is 0 Å². The number of hydrogen-bond acceptors (Lipinski definition) is 0. The van der Waals surface area contributed by atoms with Crippen molar-refractivity contribution in [1.29, 1.82) is 0 Å². The highest BCUT2D eigenvalue weighted by atomic mass is 14.2. The molecule has 0 aliphatic carbocycles. The maximum atomic E-state index is 2.29. The fourth-order valence-electron chi connectivity index (χ4n) is 2.61. The topological polar surface area (TPSA) is 0 Å². The van der Waals surface area contributed by atoms with Crippen molar-refractivity contribution in [3.05, 3.63) is 70.3 Å². The molecule has 19 heavy (non-hydrogen) atoms. The summed E-state index contributed by atoms with van der Waals surface area (Å²) in [5.74, 6) is 0. The molecule has 0 spiro atoms. The van der Waals surface area contributed by atoms with Gasteiger partial charge in [-0.2, -0.15) is 0 Å². The van der Waals surface area contributed by atoms with Gasteiger partial charge in [-0.25, -0.2) is 0 Å². The van der Waals surface area contributed by atoms with Crippen molar-refractivity contribution < 1.29 is 0 Å². The van der Waals surface area contributed by atoms with Crippen molar-refractivity contribution in [3.8, 4) is 0 Å². The molecule has 0 heterocycles. The quantitative estimate of drug-likeness (QED) is 0.690. The molecule has 0 fully saturated rings. The van der Waals surface area contributed by atoms with Crippen LogP contribution < -0.4 is 0 Å². The molecule has 0 unspecified atom stereocenters. The van der Waals surface area contributed by atoms with Crippen LogP contribution in [0.4, 0.5) is 0 Å². The lowest BCUT2D eigenvalue weighted by atomic mass is 9.82. The van der Waals surface area contributed by atoms with E-state index in [1.54, 1.807) is 0 Å². The van der Waals surface area contributed by atoms with E-state index in [4.69, 9.17) is 0 Å². The molecule has 0 atom stereocenters. The van der Waals surface area contributed by atoms with Crippen LogP contribution >= 0.6 is 0 Å². The van der Waals surface area contributed by atoms with E-state index in [0.29, 0.717) is 0 Å². The first-order valence-corrected chi connectivity index (χ1v) is 7.03. The molecule has 2 rings (SSSR count). The van der Waals surface area contributed by atoms with E-state index in [2.05, 4.69) is 77.1 Å². The second-order valence-corrected chi connectivity index (χ2v) is 6.44. The standard InChI is InChI=1S/C19H24/c1-14-9-8-11-16(15(14)2)13-17-10-6-7-12-18(17)19(3,4)5/h6-12H,13H2,1-5H3. The van der Waals surface area contributed by atoms with Gasteiger partial charge >= 0.3 is 0 Å². The fourth-order valence-corrected chi connectivity index (χ4v) is 2.61. The van der Waals surface area contributed by atoms with Crippen molar-refractivity contribution in [3.63, 3.8) is 0 Å². The molecule has 0 radical (unpaired) electrons. The summed E-state index contributed by atoms with van der Waals surface area (Å²) in [7, 11) is 0. The summed E-state index contributed by atoms with van der Waals surface area (Å²) in [4.78, 5) is 0. The van der Waals surface area contributed by atoms with E-state index in [1.807, 2.05) is 0 Å². The van der Waals surface area contributed by atoms with E-state index < -0.39 is 0 Å². The Morgan fingerprint density at radius 1 is 0.789 bits per heavy atom. The summed E-state index contributed by atoms with van der Waals surface area (Å²) >= 11 is 0. The lowest BCUT2D eigenvalue weighted by Crippen LogP contribution is -2.14. The van der Waals surface area contributed by atoms with E-state index in [9.17, 15) is 0 Å². The molecule has 0 bridgehead atoms.